The predicted molar refractivity (Wildman–Crippen MR) is 129 cm³/mol. The van der Waals surface area contributed by atoms with Crippen LogP contribution in [-0.4, -0.2) is 46.3 Å². The number of hydrogen-bond acceptors (Lipinski definition) is 6. The molecule has 0 saturated carbocycles. The SMILES string of the molecule is Cc1ccc2c(OCCN3CCC(Cc4cccc(-c5nc(C)no5)c4)CC3)cccc2n1. The molecule has 4 aromatic rings. The Hall–Kier alpha value is -3.25. The molecular formula is C27H30N4O2. The maximum absolute atomic E-state index is 6.14. The zero-order valence-corrected chi connectivity index (χ0v) is 19.3. The lowest BCUT2D eigenvalue weighted by Gasteiger charge is -2.32. The van der Waals surface area contributed by atoms with Crippen LogP contribution in [0.2, 0.25) is 0 Å². The molecule has 0 unspecified atom stereocenters. The number of nitrogens with zero attached hydrogens (tertiary/aromatic N) is 4. The summed E-state index contributed by atoms with van der Waals surface area (Å²) in [5.41, 5.74) is 4.36. The Morgan fingerprint density at radius 3 is 2.67 bits per heavy atom. The van der Waals surface area contributed by atoms with Gasteiger partial charge in [-0.05, 0) is 94.1 Å². The summed E-state index contributed by atoms with van der Waals surface area (Å²) >= 11 is 0. The summed E-state index contributed by atoms with van der Waals surface area (Å²) in [5.74, 6) is 2.89. The average molecular weight is 443 g/mol. The van der Waals surface area contributed by atoms with Crippen molar-refractivity contribution < 1.29 is 9.26 Å². The van der Waals surface area contributed by atoms with Crippen molar-refractivity contribution in [3.05, 3.63) is 71.7 Å². The Bertz CT molecular complexity index is 1230. The van der Waals surface area contributed by atoms with Gasteiger partial charge in [0.05, 0.1) is 5.52 Å². The number of aromatic nitrogens is 3. The van der Waals surface area contributed by atoms with Gasteiger partial charge in [0.1, 0.15) is 12.4 Å². The minimum Gasteiger partial charge on any atom is -0.492 e. The van der Waals surface area contributed by atoms with Crippen molar-refractivity contribution in [2.24, 2.45) is 5.92 Å². The summed E-state index contributed by atoms with van der Waals surface area (Å²) in [5, 5.41) is 4.99. The smallest absolute Gasteiger partial charge is 0.257 e. The summed E-state index contributed by atoms with van der Waals surface area (Å²) in [7, 11) is 0. The van der Waals surface area contributed by atoms with E-state index >= 15 is 0 Å². The fourth-order valence-corrected chi connectivity index (χ4v) is 4.63. The van der Waals surface area contributed by atoms with Crippen LogP contribution in [0.25, 0.3) is 22.4 Å². The Balaban J connectivity index is 1.10. The molecule has 33 heavy (non-hydrogen) atoms. The molecule has 0 N–H and O–H groups in total. The van der Waals surface area contributed by atoms with Crippen LogP contribution in [0.1, 0.15) is 29.9 Å². The van der Waals surface area contributed by atoms with Crippen molar-refractivity contribution in [2.45, 2.75) is 33.1 Å². The number of benzene rings is 2. The number of pyridine rings is 1. The summed E-state index contributed by atoms with van der Waals surface area (Å²) in [6, 6.07) is 18.7. The van der Waals surface area contributed by atoms with Gasteiger partial charge >= 0.3 is 0 Å². The van der Waals surface area contributed by atoms with Gasteiger partial charge in [0, 0.05) is 23.2 Å². The highest BCUT2D eigenvalue weighted by molar-refractivity contribution is 5.85. The second-order valence-corrected chi connectivity index (χ2v) is 8.96. The third-order valence-corrected chi connectivity index (χ3v) is 6.43. The topological polar surface area (TPSA) is 64.3 Å². The number of fused-ring (bicyclic) bond motifs is 1. The van der Waals surface area contributed by atoms with E-state index in [1.165, 1.54) is 18.4 Å². The van der Waals surface area contributed by atoms with E-state index in [9.17, 15) is 0 Å². The number of piperidine rings is 1. The molecule has 3 heterocycles. The normalized spacial score (nSPS) is 15.2. The van der Waals surface area contributed by atoms with Crippen LogP contribution in [0.5, 0.6) is 5.75 Å². The van der Waals surface area contributed by atoms with Crippen LogP contribution in [0.3, 0.4) is 0 Å². The van der Waals surface area contributed by atoms with E-state index in [1.54, 1.807) is 0 Å². The van der Waals surface area contributed by atoms with E-state index in [2.05, 4.69) is 44.3 Å². The van der Waals surface area contributed by atoms with Gasteiger partial charge in [0.15, 0.2) is 5.82 Å². The first-order valence-electron chi connectivity index (χ1n) is 11.8. The van der Waals surface area contributed by atoms with Crippen LogP contribution in [0, 0.1) is 19.8 Å². The first-order valence-corrected chi connectivity index (χ1v) is 11.8. The van der Waals surface area contributed by atoms with Crippen molar-refractivity contribution in [3.63, 3.8) is 0 Å². The van der Waals surface area contributed by atoms with E-state index in [4.69, 9.17) is 9.26 Å². The lowest BCUT2D eigenvalue weighted by molar-refractivity contribution is 0.155. The van der Waals surface area contributed by atoms with Gasteiger partial charge in [-0.2, -0.15) is 4.98 Å². The predicted octanol–water partition coefficient (Wildman–Crippen LogP) is 5.24. The monoisotopic (exact) mass is 442 g/mol. The van der Waals surface area contributed by atoms with Crippen molar-refractivity contribution in [3.8, 4) is 17.2 Å². The third kappa shape index (κ3) is 5.22. The average Bonchev–Trinajstić information content (AvgIpc) is 3.27. The minimum absolute atomic E-state index is 0.598. The minimum atomic E-state index is 0.598. The lowest BCUT2D eigenvalue weighted by Crippen LogP contribution is -2.37. The number of rotatable bonds is 7. The van der Waals surface area contributed by atoms with Gasteiger partial charge in [0.2, 0.25) is 0 Å². The second-order valence-electron chi connectivity index (χ2n) is 8.96. The molecule has 2 aromatic carbocycles. The van der Waals surface area contributed by atoms with E-state index in [0.29, 0.717) is 24.2 Å². The summed E-state index contributed by atoms with van der Waals surface area (Å²) in [4.78, 5) is 11.5. The zero-order valence-electron chi connectivity index (χ0n) is 19.3. The van der Waals surface area contributed by atoms with Gasteiger partial charge in [-0.15, -0.1) is 0 Å². The molecule has 5 rings (SSSR count). The molecule has 6 nitrogen and oxygen atoms in total. The molecule has 0 amide bonds. The van der Waals surface area contributed by atoms with Crippen LogP contribution in [0.15, 0.2) is 59.1 Å². The Morgan fingerprint density at radius 1 is 1.00 bits per heavy atom. The first kappa shape index (κ1) is 21.6. The molecule has 170 valence electrons. The molecule has 1 aliphatic heterocycles. The summed E-state index contributed by atoms with van der Waals surface area (Å²) < 4.78 is 11.5. The highest BCUT2D eigenvalue weighted by atomic mass is 16.5. The van der Waals surface area contributed by atoms with E-state index in [-0.39, 0.29) is 0 Å². The molecule has 1 saturated heterocycles. The molecule has 0 radical (unpaired) electrons. The molecule has 1 fully saturated rings. The van der Waals surface area contributed by atoms with Crippen LogP contribution < -0.4 is 4.74 Å². The standard InChI is InChI=1S/C27H30N4O2/c1-19-9-10-24-25(28-19)7-4-8-26(24)32-16-15-31-13-11-21(12-14-31)17-22-5-3-6-23(18-22)27-29-20(2)30-33-27/h3-10,18,21H,11-17H2,1-2H3. The van der Waals surface area contributed by atoms with Gasteiger partial charge in [0.25, 0.3) is 5.89 Å². The molecule has 6 heteroatoms. The Kier molecular flexibility index (Phi) is 6.35. The van der Waals surface area contributed by atoms with Gasteiger partial charge in [-0.25, -0.2) is 0 Å². The van der Waals surface area contributed by atoms with Crippen molar-refractivity contribution in [1.82, 2.24) is 20.0 Å². The molecule has 2 aromatic heterocycles. The van der Waals surface area contributed by atoms with Crippen molar-refractivity contribution >= 4 is 10.9 Å². The van der Waals surface area contributed by atoms with Crippen LogP contribution >= 0.6 is 0 Å². The van der Waals surface area contributed by atoms with Gasteiger partial charge in [-0.3, -0.25) is 9.88 Å². The quantitative estimate of drug-likeness (QED) is 0.390. The second kappa shape index (κ2) is 9.71. The van der Waals surface area contributed by atoms with E-state index in [1.807, 2.05) is 44.2 Å². The molecule has 0 atom stereocenters. The molecule has 0 bridgehead atoms. The number of aryl methyl sites for hydroxylation is 2. The van der Waals surface area contributed by atoms with Crippen molar-refractivity contribution in [1.29, 1.82) is 0 Å². The van der Waals surface area contributed by atoms with Crippen LogP contribution in [0.4, 0.5) is 0 Å². The van der Waals surface area contributed by atoms with E-state index in [0.717, 1.165) is 54.0 Å². The number of hydrogen-bond donors (Lipinski definition) is 0. The molecular weight excluding hydrogens is 412 g/mol. The fraction of sp³-hybridized carbons (Fsp3) is 0.370. The Labute approximate surface area is 194 Å². The molecule has 0 aliphatic carbocycles. The first-order chi connectivity index (χ1) is 16.1. The maximum atomic E-state index is 6.14. The van der Waals surface area contributed by atoms with E-state index < -0.39 is 0 Å². The largest absolute Gasteiger partial charge is 0.492 e. The fourth-order valence-electron chi connectivity index (χ4n) is 4.63. The molecule has 1 aliphatic rings. The Morgan fingerprint density at radius 2 is 1.85 bits per heavy atom. The zero-order chi connectivity index (χ0) is 22.6. The van der Waals surface area contributed by atoms with Crippen molar-refractivity contribution in [2.75, 3.05) is 26.2 Å². The number of ether oxygens (including phenoxy) is 1. The highest BCUT2D eigenvalue weighted by Crippen LogP contribution is 2.26. The van der Waals surface area contributed by atoms with Gasteiger partial charge in [-0.1, -0.05) is 23.4 Å². The van der Waals surface area contributed by atoms with Gasteiger partial charge < -0.3 is 9.26 Å². The maximum Gasteiger partial charge on any atom is 0.257 e. The summed E-state index contributed by atoms with van der Waals surface area (Å²) in [6.45, 7) is 7.75. The third-order valence-electron chi connectivity index (χ3n) is 6.43. The molecule has 0 spiro atoms. The lowest BCUT2D eigenvalue weighted by atomic mass is 9.89. The van der Waals surface area contributed by atoms with Crippen LogP contribution in [-0.2, 0) is 6.42 Å². The number of likely N-dealkylation sites (tertiary alicyclic amines) is 1. The summed E-state index contributed by atoms with van der Waals surface area (Å²) in [6.07, 6.45) is 3.51. The highest BCUT2D eigenvalue weighted by Gasteiger charge is 2.20.